The van der Waals surface area contributed by atoms with Crippen molar-refractivity contribution in [3.63, 3.8) is 0 Å². The van der Waals surface area contributed by atoms with Crippen LogP contribution in [-0.2, 0) is 0 Å². The number of benzene rings is 2. The summed E-state index contributed by atoms with van der Waals surface area (Å²) in [5.41, 5.74) is 3.82. The summed E-state index contributed by atoms with van der Waals surface area (Å²) in [6, 6.07) is 13.3. The Bertz CT molecular complexity index is 999. The highest BCUT2D eigenvalue weighted by Crippen LogP contribution is 2.30. The molecule has 1 aromatic heterocycles. The van der Waals surface area contributed by atoms with E-state index in [0.29, 0.717) is 35.1 Å². The number of hydrogen-bond donors (Lipinski definition) is 1. The molecular weight excluding hydrogens is 352 g/mol. The van der Waals surface area contributed by atoms with Crippen molar-refractivity contribution in [1.29, 1.82) is 0 Å². The average Bonchev–Trinajstić information content (AvgIpc) is 2.68. The Balaban J connectivity index is 1.91. The van der Waals surface area contributed by atoms with Gasteiger partial charge in [-0.25, -0.2) is 0 Å². The summed E-state index contributed by atoms with van der Waals surface area (Å²) >= 11 is 0. The van der Waals surface area contributed by atoms with Crippen LogP contribution >= 0.6 is 0 Å². The third-order valence-corrected chi connectivity index (χ3v) is 4.60. The van der Waals surface area contributed by atoms with Gasteiger partial charge in [0, 0.05) is 11.5 Å². The van der Waals surface area contributed by atoms with Gasteiger partial charge in [0.25, 0.3) is 5.91 Å². The zero-order valence-corrected chi connectivity index (χ0v) is 16.8. The highest BCUT2D eigenvalue weighted by Gasteiger charge is 2.15. The zero-order valence-electron chi connectivity index (χ0n) is 16.8. The molecular formula is C23H26N2O3. The first kappa shape index (κ1) is 19.7. The van der Waals surface area contributed by atoms with Gasteiger partial charge in [-0.05, 0) is 50.6 Å². The molecule has 0 bridgehead atoms. The molecule has 0 fully saturated rings. The van der Waals surface area contributed by atoms with Gasteiger partial charge in [0.1, 0.15) is 11.5 Å². The van der Waals surface area contributed by atoms with Gasteiger partial charge in [-0.2, -0.15) is 0 Å². The Kier molecular flexibility index (Phi) is 6.14. The average molecular weight is 378 g/mol. The van der Waals surface area contributed by atoms with E-state index in [1.165, 1.54) is 0 Å². The molecule has 1 amide bonds. The number of anilines is 1. The predicted molar refractivity (Wildman–Crippen MR) is 113 cm³/mol. The number of pyridine rings is 1. The number of hydrogen-bond acceptors (Lipinski definition) is 4. The van der Waals surface area contributed by atoms with Crippen molar-refractivity contribution in [3.8, 4) is 11.5 Å². The highest BCUT2D eigenvalue weighted by molar-refractivity contribution is 6.07. The maximum Gasteiger partial charge on any atom is 0.257 e. The maximum atomic E-state index is 13.0. The van der Waals surface area contributed by atoms with Gasteiger partial charge in [0.05, 0.1) is 36.2 Å². The van der Waals surface area contributed by atoms with E-state index in [1.54, 1.807) is 13.2 Å². The van der Waals surface area contributed by atoms with Crippen LogP contribution in [0.1, 0.15) is 41.4 Å². The first-order chi connectivity index (χ1) is 13.5. The molecule has 5 heteroatoms. The smallest absolute Gasteiger partial charge is 0.257 e. The SMILES string of the molecule is CCCCOc1ccc(OC)cc1NC(=O)c1cc2cc(C)ccc2nc1C. The van der Waals surface area contributed by atoms with Crippen LogP contribution in [0.4, 0.5) is 5.69 Å². The molecule has 0 saturated heterocycles. The van der Waals surface area contributed by atoms with Crippen molar-refractivity contribution >= 4 is 22.5 Å². The maximum absolute atomic E-state index is 13.0. The van der Waals surface area contributed by atoms with E-state index < -0.39 is 0 Å². The van der Waals surface area contributed by atoms with Crippen molar-refractivity contribution in [2.24, 2.45) is 0 Å². The van der Waals surface area contributed by atoms with Crippen LogP contribution in [0.5, 0.6) is 11.5 Å². The summed E-state index contributed by atoms with van der Waals surface area (Å²) in [7, 11) is 1.60. The summed E-state index contributed by atoms with van der Waals surface area (Å²) < 4.78 is 11.1. The van der Waals surface area contributed by atoms with Crippen molar-refractivity contribution < 1.29 is 14.3 Å². The summed E-state index contributed by atoms with van der Waals surface area (Å²) in [4.78, 5) is 17.6. The minimum atomic E-state index is -0.220. The Labute approximate surface area is 165 Å². The number of ether oxygens (including phenoxy) is 2. The Morgan fingerprint density at radius 2 is 1.93 bits per heavy atom. The van der Waals surface area contributed by atoms with Gasteiger partial charge in [-0.3, -0.25) is 9.78 Å². The lowest BCUT2D eigenvalue weighted by Gasteiger charge is -2.15. The van der Waals surface area contributed by atoms with Gasteiger partial charge in [0.2, 0.25) is 0 Å². The summed E-state index contributed by atoms with van der Waals surface area (Å²) in [6.07, 6.45) is 1.99. The molecule has 28 heavy (non-hydrogen) atoms. The molecule has 0 aliphatic carbocycles. The normalized spacial score (nSPS) is 10.7. The third-order valence-electron chi connectivity index (χ3n) is 4.60. The molecule has 0 spiro atoms. The van der Waals surface area contributed by atoms with Gasteiger partial charge in [0.15, 0.2) is 0 Å². The number of nitrogens with zero attached hydrogens (tertiary/aromatic N) is 1. The van der Waals surface area contributed by atoms with Crippen LogP contribution in [0.25, 0.3) is 10.9 Å². The van der Waals surface area contributed by atoms with Crippen LogP contribution < -0.4 is 14.8 Å². The van der Waals surface area contributed by atoms with Crippen molar-refractivity contribution in [2.75, 3.05) is 19.0 Å². The van der Waals surface area contributed by atoms with Gasteiger partial charge in [-0.1, -0.05) is 25.0 Å². The first-order valence-corrected chi connectivity index (χ1v) is 9.52. The number of fused-ring (bicyclic) bond motifs is 1. The number of methoxy groups -OCH3 is 1. The lowest BCUT2D eigenvalue weighted by molar-refractivity contribution is 0.102. The molecule has 146 valence electrons. The van der Waals surface area contributed by atoms with E-state index in [9.17, 15) is 4.79 Å². The lowest BCUT2D eigenvalue weighted by atomic mass is 10.1. The Morgan fingerprint density at radius 1 is 1.11 bits per heavy atom. The molecule has 3 aromatic rings. The van der Waals surface area contributed by atoms with Gasteiger partial charge >= 0.3 is 0 Å². The topological polar surface area (TPSA) is 60.5 Å². The molecule has 3 rings (SSSR count). The minimum Gasteiger partial charge on any atom is -0.497 e. The molecule has 1 heterocycles. The number of aryl methyl sites for hydroxylation is 2. The molecule has 0 saturated carbocycles. The fraction of sp³-hybridized carbons (Fsp3) is 0.304. The summed E-state index contributed by atoms with van der Waals surface area (Å²) in [6.45, 7) is 6.58. The second kappa shape index (κ2) is 8.74. The Hall–Kier alpha value is -3.08. The number of carbonyl (C=O) groups excluding carboxylic acids is 1. The van der Waals surface area contributed by atoms with E-state index in [0.717, 1.165) is 29.3 Å². The summed E-state index contributed by atoms with van der Waals surface area (Å²) in [5.74, 6) is 1.06. The van der Waals surface area contributed by atoms with Crippen molar-refractivity contribution in [1.82, 2.24) is 4.98 Å². The minimum absolute atomic E-state index is 0.220. The lowest BCUT2D eigenvalue weighted by Crippen LogP contribution is -2.15. The third kappa shape index (κ3) is 4.42. The monoisotopic (exact) mass is 378 g/mol. The molecule has 0 radical (unpaired) electrons. The molecule has 0 aliphatic heterocycles. The zero-order chi connectivity index (χ0) is 20.1. The second-order valence-corrected chi connectivity index (χ2v) is 6.84. The van der Waals surface area contributed by atoms with Crippen LogP contribution in [0.15, 0.2) is 42.5 Å². The fourth-order valence-electron chi connectivity index (χ4n) is 3.00. The van der Waals surface area contributed by atoms with Gasteiger partial charge in [-0.15, -0.1) is 0 Å². The number of nitrogens with one attached hydrogen (secondary N) is 1. The van der Waals surface area contributed by atoms with E-state index in [4.69, 9.17) is 9.47 Å². The largest absolute Gasteiger partial charge is 0.497 e. The van der Waals surface area contributed by atoms with Crippen LogP contribution in [0.3, 0.4) is 0 Å². The van der Waals surface area contributed by atoms with E-state index in [2.05, 4.69) is 17.2 Å². The molecule has 0 atom stereocenters. The molecule has 1 N–H and O–H groups in total. The molecule has 0 unspecified atom stereocenters. The number of amides is 1. The molecule has 2 aromatic carbocycles. The van der Waals surface area contributed by atoms with Gasteiger partial charge < -0.3 is 14.8 Å². The van der Waals surface area contributed by atoms with Crippen LogP contribution in [-0.4, -0.2) is 24.6 Å². The number of rotatable bonds is 7. The van der Waals surface area contributed by atoms with Crippen LogP contribution in [0, 0.1) is 13.8 Å². The second-order valence-electron chi connectivity index (χ2n) is 6.84. The van der Waals surface area contributed by atoms with E-state index in [1.807, 2.05) is 50.2 Å². The van der Waals surface area contributed by atoms with Crippen LogP contribution in [0.2, 0.25) is 0 Å². The predicted octanol–water partition coefficient (Wildman–Crippen LogP) is 5.29. The summed E-state index contributed by atoms with van der Waals surface area (Å²) in [5, 5.41) is 3.91. The fourth-order valence-corrected chi connectivity index (χ4v) is 3.00. The standard InChI is InChI=1S/C23H26N2O3/c1-5-6-11-28-22-10-8-18(27-4)14-21(22)25-23(26)19-13-17-12-15(2)7-9-20(17)24-16(19)3/h7-10,12-14H,5-6,11H2,1-4H3,(H,25,26). The number of unbranched alkanes of at least 4 members (excludes halogenated alkanes) is 1. The van der Waals surface area contributed by atoms with Crippen molar-refractivity contribution in [3.05, 3.63) is 59.3 Å². The van der Waals surface area contributed by atoms with E-state index >= 15 is 0 Å². The first-order valence-electron chi connectivity index (χ1n) is 9.52. The molecule has 0 aliphatic rings. The number of aromatic nitrogens is 1. The molecule has 5 nitrogen and oxygen atoms in total. The Morgan fingerprint density at radius 3 is 2.68 bits per heavy atom. The van der Waals surface area contributed by atoms with Crippen molar-refractivity contribution in [2.45, 2.75) is 33.6 Å². The quantitative estimate of drug-likeness (QED) is 0.567. The highest BCUT2D eigenvalue weighted by atomic mass is 16.5. The van der Waals surface area contributed by atoms with E-state index in [-0.39, 0.29) is 5.91 Å². The number of carbonyl (C=O) groups is 1.